The number of carbonyl (C=O) groups excluding carboxylic acids is 2. The molecule has 0 heterocycles. The number of ether oxygens (including phenoxy) is 2. The largest absolute Gasteiger partial charge is 0.445 e. The Bertz CT molecular complexity index is 543. The van der Waals surface area contributed by atoms with Gasteiger partial charge in [0.15, 0.2) is 0 Å². The monoisotopic (exact) mass is 365 g/mol. The zero-order valence-electron chi connectivity index (χ0n) is 16.1. The first-order valence-electron chi connectivity index (χ1n) is 8.99. The lowest BCUT2D eigenvalue weighted by atomic mass is 10.1. The van der Waals surface area contributed by atoms with Crippen LogP contribution >= 0.6 is 0 Å². The Balaban J connectivity index is 2.36. The number of rotatable bonds is 9. The number of hydrazine groups is 1. The van der Waals surface area contributed by atoms with Gasteiger partial charge in [0.1, 0.15) is 12.2 Å². The summed E-state index contributed by atoms with van der Waals surface area (Å²) in [6.07, 6.45) is 1.74. The molecule has 0 aliphatic carbocycles. The molecule has 1 aromatic rings. The van der Waals surface area contributed by atoms with Gasteiger partial charge in [0.2, 0.25) is 0 Å². The molecule has 26 heavy (non-hydrogen) atoms. The summed E-state index contributed by atoms with van der Waals surface area (Å²) in [5.41, 5.74) is 5.80. The highest BCUT2D eigenvalue weighted by Gasteiger charge is 2.17. The molecular weight excluding hydrogens is 334 g/mol. The van der Waals surface area contributed by atoms with E-state index in [1.54, 1.807) is 20.8 Å². The highest BCUT2D eigenvalue weighted by molar-refractivity contribution is 5.67. The number of alkyl carbamates (subject to hydrolysis) is 1. The molecule has 0 aromatic heterocycles. The molecule has 1 aromatic carbocycles. The third kappa shape index (κ3) is 10.6. The van der Waals surface area contributed by atoms with Gasteiger partial charge in [-0.3, -0.25) is 5.43 Å². The van der Waals surface area contributed by atoms with Gasteiger partial charge in [0.25, 0.3) is 0 Å². The van der Waals surface area contributed by atoms with Gasteiger partial charge in [-0.05, 0) is 32.8 Å². The van der Waals surface area contributed by atoms with Crippen LogP contribution in [0.3, 0.4) is 0 Å². The minimum absolute atomic E-state index is 0.119. The number of benzene rings is 1. The van der Waals surface area contributed by atoms with E-state index >= 15 is 0 Å². The van der Waals surface area contributed by atoms with E-state index in [0.29, 0.717) is 6.54 Å². The maximum absolute atomic E-state index is 11.8. The fraction of sp³-hybridized carbons (Fsp3) is 0.579. The molecule has 0 radical (unpaired) electrons. The molecule has 1 atom stereocenters. The SMILES string of the molecule is CCCCC(CNC(=O)OCc1ccccc1)NNC(=O)OC(C)(C)C. The molecule has 0 saturated carbocycles. The zero-order valence-corrected chi connectivity index (χ0v) is 16.1. The fourth-order valence-electron chi connectivity index (χ4n) is 2.12. The second-order valence-electron chi connectivity index (χ2n) is 7.05. The maximum atomic E-state index is 11.8. The van der Waals surface area contributed by atoms with Crippen molar-refractivity contribution in [3.63, 3.8) is 0 Å². The molecule has 1 unspecified atom stereocenters. The van der Waals surface area contributed by atoms with Crippen molar-refractivity contribution in [1.29, 1.82) is 0 Å². The summed E-state index contributed by atoms with van der Waals surface area (Å²) in [6.45, 7) is 8.03. The van der Waals surface area contributed by atoms with E-state index in [9.17, 15) is 9.59 Å². The third-order valence-corrected chi connectivity index (χ3v) is 3.39. The van der Waals surface area contributed by atoms with Crippen LogP contribution < -0.4 is 16.2 Å². The normalized spacial score (nSPS) is 12.2. The van der Waals surface area contributed by atoms with Crippen LogP contribution in [-0.4, -0.2) is 30.4 Å². The van der Waals surface area contributed by atoms with Crippen LogP contribution in [0.25, 0.3) is 0 Å². The van der Waals surface area contributed by atoms with Crippen molar-refractivity contribution in [2.75, 3.05) is 6.54 Å². The van der Waals surface area contributed by atoms with Gasteiger partial charge < -0.3 is 14.8 Å². The molecule has 3 N–H and O–H groups in total. The first kappa shape index (κ1) is 21.8. The smallest absolute Gasteiger partial charge is 0.422 e. The summed E-state index contributed by atoms with van der Waals surface area (Å²) < 4.78 is 10.4. The van der Waals surface area contributed by atoms with Gasteiger partial charge in [-0.1, -0.05) is 50.1 Å². The maximum Gasteiger partial charge on any atom is 0.422 e. The summed E-state index contributed by atoms with van der Waals surface area (Å²) >= 11 is 0. The average molecular weight is 365 g/mol. The van der Waals surface area contributed by atoms with Gasteiger partial charge in [0.05, 0.1) is 0 Å². The van der Waals surface area contributed by atoms with Crippen LogP contribution in [0.15, 0.2) is 30.3 Å². The quantitative estimate of drug-likeness (QED) is 0.583. The van der Waals surface area contributed by atoms with E-state index in [2.05, 4.69) is 23.1 Å². The van der Waals surface area contributed by atoms with E-state index in [4.69, 9.17) is 9.47 Å². The van der Waals surface area contributed by atoms with Crippen LogP contribution in [0.2, 0.25) is 0 Å². The van der Waals surface area contributed by atoms with E-state index in [-0.39, 0.29) is 12.6 Å². The van der Waals surface area contributed by atoms with Crippen LogP contribution in [0.1, 0.15) is 52.5 Å². The minimum atomic E-state index is -0.565. The Morgan fingerprint density at radius 1 is 1.12 bits per heavy atom. The molecule has 0 aliphatic heterocycles. The number of unbranched alkanes of at least 4 members (excludes halogenated alkanes) is 1. The van der Waals surface area contributed by atoms with Crippen LogP contribution in [0.5, 0.6) is 0 Å². The van der Waals surface area contributed by atoms with Crippen LogP contribution in [-0.2, 0) is 16.1 Å². The first-order valence-corrected chi connectivity index (χ1v) is 8.99. The van der Waals surface area contributed by atoms with Crippen molar-refractivity contribution in [3.05, 3.63) is 35.9 Å². The molecule has 0 aliphatic rings. The number of carbonyl (C=O) groups is 2. The number of amides is 2. The topological polar surface area (TPSA) is 88.7 Å². The molecule has 0 saturated heterocycles. The number of hydrogen-bond donors (Lipinski definition) is 3. The predicted molar refractivity (Wildman–Crippen MR) is 100 cm³/mol. The van der Waals surface area contributed by atoms with Gasteiger partial charge in [-0.2, -0.15) is 0 Å². The second-order valence-corrected chi connectivity index (χ2v) is 7.05. The Hall–Kier alpha value is -2.28. The van der Waals surface area contributed by atoms with Crippen molar-refractivity contribution >= 4 is 12.2 Å². The molecule has 0 bridgehead atoms. The average Bonchev–Trinajstić information content (AvgIpc) is 2.58. The van der Waals surface area contributed by atoms with Crippen LogP contribution in [0.4, 0.5) is 9.59 Å². The highest BCUT2D eigenvalue weighted by Crippen LogP contribution is 2.06. The summed E-state index contributed by atoms with van der Waals surface area (Å²) in [7, 11) is 0. The molecule has 0 spiro atoms. The third-order valence-electron chi connectivity index (χ3n) is 3.39. The Morgan fingerprint density at radius 3 is 2.42 bits per heavy atom. The lowest BCUT2D eigenvalue weighted by Crippen LogP contribution is -2.50. The zero-order chi connectivity index (χ0) is 19.4. The Labute approximate surface area is 155 Å². The second kappa shape index (κ2) is 11.4. The van der Waals surface area contributed by atoms with Gasteiger partial charge in [0, 0.05) is 12.6 Å². The van der Waals surface area contributed by atoms with Crippen LogP contribution in [0, 0.1) is 0 Å². The van der Waals surface area contributed by atoms with Crippen molar-refractivity contribution in [2.24, 2.45) is 0 Å². The molecular formula is C19H31N3O4. The van der Waals surface area contributed by atoms with Gasteiger partial charge in [-0.25, -0.2) is 15.0 Å². The van der Waals surface area contributed by atoms with E-state index in [1.165, 1.54) is 0 Å². The van der Waals surface area contributed by atoms with E-state index in [1.807, 2.05) is 30.3 Å². The number of hydrogen-bond acceptors (Lipinski definition) is 5. The van der Waals surface area contributed by atoms with Crippen molar-refractivity contribution in [2.45, 2.75) is 65.2 Å². The molecule has 1 rings (SSSR count). The molecule has 7 heteroatoms. The first-order chi connectivity index (χ1) is 12.3. The lowest BCUT2D eigenvalue weighted by molar-refractivity contribution is 0.0486. The predicted octanol–water partition coefficient (Wildman–Crippen LogP) is 3.50. The van der Waals surface area contributed by atoms with Gasteiger partial charge in [-0.15, -0.1) is 0 Å². The Kier molecular flexibility index (Phi) is 9.51. The van der Waals surface area contributed by atoms with E-state index < -0.39 is 17.8 Å². The Morgan fingerprint density at radius 2 is 1.81 bits per heavy atom. The molecule has 0 fully saturated rings. The summed E-state index contributed by atoms with van der Waals surface area (Å²) in [5.74, 6) is 0. The van der Waals surface area contributed by atoms with Crippen molar-refractivity contribution in [1.82, 2.24) is 16.2 Å². The van der Waals surface area contributed by atoms with E-state index in [0.717, 1.165) is 24.8 Å². The van der Waals surface area contributed by atoms with Crippen molar-refractivity contribution in [3.8, 4) is 0 Å². The highest BCUT2D eigenvalue weighted by atomic mass is 16.6. The minimum Gasteiger partial charge on any atom is -0.445 e. The summed E-state index contributed by atoms with van der Waals surface area (Å²) in [5, 5.41) is 2.72. The standard InChI is InChI=1S/C19H31N3O4/c1-5-6-12-16(21-22-18(24)26-19(2,3)4)13-20-17(23)25-14-15-10-8-7-9-11-15/h7-11,16,21H,5-6,12-14H2,1-4H3,(H,20,23)(H,22,24). The number of nitrogens with one attached hydrogen (secondary N) is 3. The van der Waals surface area contributed by atoms with Gasteiger partial charge >= 0.3 is 12.2 Å². The molecule has 7 nitrogen and oxygen atoms in total. The molecule has 2 amide bonds. The summed E-state index contributed by atoms with van der Waals surface area (Å²) in [6, 6.07) is 9.36. The molecule has 146 valence electrons. The summed E-state index contributed by atoms with van der Waals surface area (Å²) in [4.78, 5) is 23.6. The lowest BCUT2D eigenvalue weighted by Gasteiger charge is -2.23. The fourth-order valence-corrected chi connectivity index (χ4v) is 2.12. The van der Waals surface area contributed by atoms with Crippen molar-refractivity contribution < 1.29 is 19.1 Å².